The van der Waals surface area contributed by atoms with Gasteiger partial charge >= 0.3 is 6.03 Å². The van der Waals surface area contributed by atoms with Crippen LogP contribution < -0.4 is 33.6 Å². The van der Waals surface area contributed by atoms with Gasteiger partial charge in [-0.25, -0.2) is 14.8 Å². The molecule has 0 aliphatic rings. The molecule has 0 fully saturated rings. The number of thioether (sulfide) groups is 2. The van der Waals surface area contributed by atoms with E-state index in [1.807, 2.05) is 10.8 Å². The van der Waals surface area contributed by atoms with Crippen molar-refractivity contribution in [2.24, 2.45) is 32.9 Å². The zero-order valence-electron chi connectivity index (χ0n) is 16.0. The lowest BCUT2D eigenvalue weighted by Crippen LogP contribution is -2.37. The predicted octanol–water partition coefficient (Wildman–Crippen LogP) is 0.875. The minimum atomic E-state index is -0.177. The fourth-order valence-electron chi connectivity index (χ4n) is 1.94. The first-order valence-corrected chi connectivity index (χ1v) is 12.7. The van der Waals surface area contributed by atoms with Gasteiger partial charge in [0.1, 0.15) is 0 Å². The number of hydrogen-bond acceptors (Lipinski definition) is 9. The first-order chi connectivity index (χ1) is 14.4. The van der Waals surface area contributed by atoms with Crippen LogP contribution in [-0.4, -0.2) is 52.5 Å². The van der Waals surface area contributed by atoms with E-state index in [0.29, 0.717) is 23.4 Å². The van der Waals surface area contributed by atoms with Gasteiger partial charge in [0.2, 0.25) is 10.3 Å². The van der Waals surface area contributed by atoms with Crippen LogP contribution in [0.1, 0.15) is 11.4 Å². The van der Waals surface area contributed by atoms with Crippen LogP contribution >= 0.6 is 46.2 Å². The minimum Gasteiger partial charge on any atom is -0.370 e. The molecule has 0 bridgehead atoms. The van der Waals surface area contributed by atoms with Crippen molar-refractivity contribution in [3.05, 3.63) is 22.1 Å². The third kappa shape index (κ3) is 10.00. The van der Waals surface area contributed by atoms with Gasteiger partial charge in [-0.2, -0.15) is 33.5 Å². The van der Waals surface area contributed by atoms with Gasteiger partial charge in [-0.05, 0) is 0 Å². The van der Waals surface area contributed by atoms with Crippen molar-refractivity contribution in [1.29, 1.82) is 0 Å². The van der Waals surface area contributed by atoms with Gasteiger partial charge in [-0.3, -0.25) is 0 Å². The lowest BCUT2D eigenvalue weighted by atomic mass is 10.6. The topological polar surface area (TPSA) is 196 Å². The van der Waals surface area contributed by atoms with E-state index in [-0.39, 0.29) is 18.0 Å². The largest absolute Gasteiger partial charge is 0.370 e. The number of rotatable bonds is 12. The van der Waals surface area contributed by atoms with E-state index in [9.17, 15) is 4.79 Å². The van der Waals surface area contributed by atoms with Gasteiger partial charge in [-0.15, -0.1) is 22.7 Å². The van der Waals surface area contributed by atoms with Crippen LogP contribution in [0.5, 0.6) is 0 Å². The lowest BCUT2D eigenvalue weighted by molar-refractivity contribution is 0.242. The first kappa shape index (κ1) is 24.0. The summed E-state index contributed by atoms with van der Waals surface area (Å²) in [4.78, 5) is 28.2. The summed E-state index contributed by atoms with van der Waals surface area (Å²) in [6.07, 6.45) is 0. The average Bonchev–Trinajstić information content (AvgIpc) is 3.29. The Morgan fingerprint density at radius 3 is 1.70 bits per heavy atom. The van der Waals surface area contributed by atoms with Gasteiger partial charge < -0.3 is 33.6 Å². The van der Waals surface area contributed by atoms with E-state index >= 15 is 0 Å². The molecule has 30 heavy (non-hydrogen) atoms. The summed E-state index contributed by atoms with van der Waals surface area (Å²) in [5.74, 6) is 3.02. The van der Waals surface area contributed by atoms with E-state index in [2.05, 4.69) is 30.6 Å². The Morgan fingerprint density at radius 1 is 0.867 bits per heavy atom. The zero-order chi connectivity index (χ0) is 21.8. The Kier molecular flexibility index (Phi) is 10.5. The molecule has 11 nitrogen and oxygen atoms in total. The molecule has 2 heterocycles. The highest BCUT2D eigenvalue weighted by Gasteiger charge is 2.04. The molecule has 0 aromatic carbocycles. The smallest absolute Gasteiger partial charge is 0.314 e. The molecule has 0 aliphatic heterocycles. The molecule has 2 amide bonds. The second-order valence-corrected chi connectivity index (χ2v) is 9.49. The zero-order valence-corrected chi connectivity index (χ0v) is 19.3. The fraction of sp³-hybridized carbons (Fsp3) is 0.400. The van der Waals surface area contributed by atoms with Crippen molar-refractivity contribution in [3.63, 3.8) is 0 Å². The highest BCUT2D eigenvalue weighted by Crippen LogP contribution is 2.22. The van der Waals surface area contributed by atoms with Crippen molar-refractivity contribution < 1.29 is 4.79 Å². The number of aliphatic imine (C=N–C) groups is 2. The highest BCUT2D eigenvalue weighted by molar-refractivity contribution is 7.98. The molecule has 15 heteroatoms. The molecule has 0 saturated heterocycles. The Bertz CT molecular complexity index is 789. The standard InChI is InChI=1S/C15H24N10OS4/c16-11(17)24-14-22-9(7-29-14)5-27-3-1-20-13(26)21-2-4-28-6-10-8-30-15(23-10)25-12(18)19/h7-8H,1-6H2,(H2,20,21,26)(H4,16,17,22,24)(H4,18,19,23,25). The summed E-state index contributed by atoms with van der Waals surface area (Å²) >= 11 is 6.12. The summed E-state index contributed by atoms with van der Waals surface area (Å²) < 4.78 is 0. The quantitative estimate of drug-likeness (QED) is 0.143. The Labute approximate surface area is 190 Å². The summed E-state index contributed by atoms with van der Waals surface area (Å²) in [6.45, 7) is 1.14. The van der Waals surface area contributed by atoms with Crippen LogP contribution in [0, 0.1) is 0 Å². The molecule has 2 rings (SSSR count). The summed E-state index contributed by atoms with van der Waals surface area (Å²) in [5.41, 5.74) is 23.1. The van der Waals surface area contributed by atoms with Gasteiger partial charge in [0.15, 0.2) is 11.9 Å². The first-order valence-electron chi connectivity index (χ1n) is 8.67. The average molecular weight is 489 g/mol. The Morgan fingerprint density at radius 2 is 1.30 bits per heavy atom. The van der Waals surface area contributed by atoms with Crippen molar-refractivity contribution in [2.75, 3.05) is 24.6 Å². The van der Waals surface area contributed by atoms with E-state index in [1.54, 1.807) is 23.5 Å². The number of guanidine groups is 2. The normalized spacial score (nSPS) is 10.4. The maximum Gasteiger partial charge on any atom is 0.314 e. The van der Waals surface area contributed by atoms with Gasteiger partial charge in [0.25, 0.3) is 0 Å². The molecule has 0 spiro atoms. The number of nitrogens with zero attached hydrogens (tertiary/aromatic N) is 4. The summed E-state index contributed by atoms with van der Waals surface area (Å²) in [7, 11) is 0. The Balaban J connectivity index is 1.48. The van der Waals surface area contributed by atoms with E-state index in [4.69, 9.17) is 22.9 Å². The molecule has 2 aromatic rings. The van der Waals surface area contributed by atoms with Gasteiger partial charge in [0.05, 0.1) is 11.4 Å². The van der Waals surface area contributed by atoms with Gasteiger partial charge in [0, 0.05) is 46.9 Å². The molecule has 10 N–H and O–H groups in total. The number of carbonyl (C=O) groups excluding carboxylic acids is 1. The van der Waals surface area contributed by atoms with Gasteiger partial charge in [-0.1, -0.05) is 0 Å². The molecule has 0 saturated carbocycles. The number of urea groups is 1. The van der Waals surface area contributed by atoms with E-state index in [1.165, 1.54) is 22.7 Å². The molecule has 0 aliphatic carbocycles. The number of thiazole rings is 2. The van der Waals surface area contributed by atoms with E-state index < -0.39 is 0 Å². The van der Waals surface area contributed by atoms with Crippen LogP contribution in [-0.2, 0) is 11.5 Å². The van der Waals surface area contributed by atoms with Crippen LogP contribution in [0.15, 0.2) is 20.7 Å². The maximum absolute atomic E-state index is 11.8. The maximum atomic E-state index is 11.8. The van der Waals surface area contributed by atoms with Crippen LogP contribution in [0.3, 0.4) is 0 Å². The third-order valence-corrected chi connectivity index (χ3v) is 6.64. The number of aromatic nitrogens is 2. The predicted molar refractivity (Wildman–Crippen MR) is 129 cm³/mol. The monoisotopic (exact) mass is 488 g/mol. The number of nitrogens with one attached hydrogen (secondary N) is 2. The molecule has 0 atom stereocenters. The molecule has 0 radical (unpaired) electrons. The Hall–Kier alpha value is -2.23. The highest BCUT2D eigenvalue weighted by atomic mass is 32.2. The third-order valence-electron chi connectivity index (χ3n) is 3.09. The SMILES string of the molecule is NC(N)=Nc1nc(CSCCNC(=O)NCCSCc2csc(N=C(N)N)n2)cs1. The number of nitrogens with two attached hydrogens (primary N) is 4. The second-order valence-electron chi connectivity index (χ2n) is 5.60. The molecular weight excluding hydrogens is 465 g/mol. The second kappa shape index (κ2) is 13.1. The number of carbonyl (C=O) groups is 1. The molecular formula is C15H24N10OS4. The lowest BCUT2D eigenvalue weighted by Gasteiger charge is -2.07. The summed E-state index contributed by atoms with van der Waals surface area (Å²) in [6, 6.07) is -0.177. The fourth-order valence-corrected chi connectivity index (χ4v) is 5.06. The summed E-state index contributed by atoms with van der Waals surface area (Å²) in [5, 5.41) is 10.6. The number of amides is 2. The van der Waals surface area contributed by atoms with Crippen molar-refractivity contribution in [1.82, 2.24) is 20.6 Å². The van der Waals surface area contributed by atoms with Crippen LogP contribution in [0.2, 0.25) is 0 Å². The number of hydrogen-bond donors (Lipinski definition) is 6. The van der Waals surface area contributed by atoms with Crippen molar-refractivity contribution >= 4 is 74.4 Å². The molecule has 164 valence electrons. The van der Waals surface area contributed by atoms with Crippen LogP contribution in [0.4, 0.5) is 15.1 Å². The minimum absolute atomic E-state index is 0.00252. The van der Waals surface area contributed by atoms with Crippen molar-refractivity contribution in [3.8, 4) is 0 Å². The van der Waals surface area contributed by atoms with Crippen LogP contribution in [0.25, 0.3) is 0 Å². The van der Waals surface area contributed by atoms with Crippen molar-refractivity contribution in [2.45, 2.75) is 11.5 Å². The van der Waals surface area contributed by atoms with E-state index in [0.717, 1.165) is 34.4 Å². The molecule has 0 unspecified atom stereocenters. The molecule has 2 aromatic heterocycles.